The number of fused-ring (bicyclic) bond motifs is 1. The highest BCUT2D eigenvalue weighted by atomic mass is 35.5. The number of nitrogens with one attached hydrogen (secondary N) is 2. The summed E-state index contributed by atoms with van der Waals surface area (Å²) in [7, 11) is 1.68. The van der Waals surface area contributed by atoms with Crippen LogP contribution in [0.1, 0.15) is 41.5 Å². The number of imide groups is 1. The van der Waals surface area contributed by atoms with E-state index < -0.39 is 23.9 Å². The first-order valence-corrected chi connectivity index (χ1v) is 9.57. The SMILES string of the molecule is Cn1cc(C2(CCC(=O)N3Cc4cc(Cl)c(C(F)F)cc4C3)NC(=O)NC2=O)cn1. The van der Waals surface area contributed by atoms with Crippen LogP contribution in [0.25, 0.3) is 0 Å². The monoisotopic (exact) mass is 437 g/mol. The molecule has 1 saturated heterocycles. The van der Waals surface area contributed by atoms with Crippen molar-refractivity contribution in [2.75, 3.05) is 0 Å². The highest BCUT2D eigenvalue weighted by Gasteiger charge is 2.48. The van der Waals surface area contributed by atoms with Crippen molar-refractivity contribution in [2.24, 2.45) is 7.05 Å². The third-order valence-electron chi connectivity index (χ3n) is 5.48. The van der Waals surface area contributed by atoms with Gasteiger partial charge in [0.2, 0.25) is 5.91 Å². The number of aryl methyl sites for hydroxylation is 1. The van der Waals surface area contributed by atoms with Gasteiger partial charge in [-0.1, -0.05) is 11.6 Å². The zero-order valence-corrected chi connectivity index (χ0v) is 16.7. The van der Waals surface area contributed by atoms with Crippen LogP contribution >= 0.6 is 11.6 Å². The van der Waals surface area contributed by atoms with Crippen molar-refractivity contribution in [1.29, 1.82) is 0 Å². The van der Waals surface area contributed by atoms with Gasteiger partial charge in [0.05, 0.1) is 6.20 Å². The lowest BCUT2D eigenvalue weighted by Crippen LogP contribution is -2.44. The molecule has 0 radical (unpaired) electrons. The summed E-state index contributed by atoms with van der Waals surface area (Å²) in [6, 6.07) is 2.16. The minimum atomic E-state index is -2.70. The summed E-state index contributed by atoms with van der Waals surface area (Å²) in [5, 5.41) is 8.84. The maximum absolute atomic E-state index is 13.1. The van der Waals surface area contributed by atoms with Crippen molar-refractivity contribution < 1.29 is 23.2 Å². The van der Waals surface area contributed by atoms with Crippen molar-refractivity contribution in [3.8, 4) is 0 Å². The van der Waals surface area contributed by atoms with E-state index in [0.717, 1.165) is 0 Å². The van der Waals surface area contributed by atoms with E-state index in [9.17, 15) is 23.2 Å². The fraction of sp³-hybridized carbons (Fsp3) is 0.368. The van der Waals surface area contributed by atoms with Crippen LogP contribution in [-0.4, -0.2) is 32.5 Å². The van der Waals surface area contributed by atoms with E-state index in [4.69, 9.17) is 11.6 Å². The van der Waals surface area contributed by atoms with Gasteiger partial charge in [0, 0.05) is 48.9 Å². The van der Waals surface area contributed by atoms with E-state index in [1.54, 1.807) is 13.2 Å². The van der Waals surface area contributed by atoms with E-state index >= 15 is 0 Å². The smallest absolute Gasteiger partial charge is 0.322 e. The summed E-state index contributed by atoms with van der Waals surface area (Å²) < 4.78 is 27.6. The molecule has 4 rings (SSSR count). The first-order valence-electron chi connectivity index (χ1n) is 9.19. The quantitative estimate of drug-likeness (QED) is 0.702. The Morgan fingerprint density at radius 1 is 1.30 bits per heavy atom. The Hall–Kier alpha value is -3.01. The molecule has 1 aromatic heterocycles. The highest BCUT2D eigenvalue weighted by molar-refractivity contribution is 6.31. The molecule has 1 fully saturated rings. The minimum Gasteiger partial charge on any atom is -0.334 e. The Kier molecular flexibility index (Phi) is 4.97. The molecular formula is C19H18ClF2N5O3. The van der Waals surface area contributed by atoms with Crippen molar-refractivity contribution in [2.45, 2.75) is 37.9 Å². The second-order valence-electron chi connectivity index (χ2n) is 7.41. The zero-order chi connectivity index (χ0) is 21.6. The number of carbonyl (C=O) groups is 3. The van der Waals surface area contributed by atoms with Crippen LogP contribution < -0.4 is 10.6 Å². The van der Waals surface area contributed by atoms with Crippen LogP contribution in [0.2, 0.25) is 5.02 Å². The lowest BCUT2D eigenvalue weighted by atomic mass is 9.87. The molecule has 2 aromatic rings. The molecule has 1 atom stereocenters. The average Bonchev–Trinajstić information content (AvgIpc) is 3.36. The van der Waals surface area contributed by atoms with Crippen LogP contribution in [-0.2, 0) is 35.3 Å². The number of aromatic nitrogens is 2. The lowest BCUT2D eigenvalue weighted by Gasteiger charge is -2.25. The number of rotatable bonds is 5. The number of hydrogen-bond donors (Lipinski definition) is 2. The normalized spacial score (nSPS) is 20.5. The molecule has 8 nitrogen and oxygen atoms in total. The van der Waals surface area contributed by atoms with Gasteiger partial charge in [-0.15, -0.1) is 0 Å². The highest BCUT2D eigenvalue weighted by Crippen LogP contribution is 2.35. The lowest BCUT2D eigenvalue weighted by molar-refractivity contribution is -0.132. The largest absolute Gasteiger partial charge is 0.334 e. The second-order valence-corrected chi connectivity index (χ2v) is 7.82. The van der Waals surface area contributed by atoms with E-state index in [0.29, 0.717) is 16.7 Å². The molecule has 2 N–H and O–H groups in total. The Bertz CT molecular complexity index is 1060. The van der Waals surface area contributed by atoms with Crippen LogP contribution in [0.4, 0.5) is 13.6 Å². The molecule has 2 aliphatic heterocycles. The summed E-state index contributed by atoms with van der Waals surface area (Å²) in [6.45, 7) is 0.430. The van der Waals surface area contributed by atoms with Crippen LogP contribution in [0.5, 0.6) is 0 Å². The van der Waals surface area contributed by atoms with Gasteiger partial charge in [-0.05, 0) is 29.7 Å². The summed E-state index contributed by atoms with van der Waals surface area (Å²) in [5.41, 5.74) is 0.160. The zero-order valence-electron chi connectivity index (χ0n) is 15.9. The van der Waals surface area contributed by atoms with Gasteiger partial charge in [-0.2, -0.15) is 5.10 Å². The second kappa shape index (κ2) is 7.35. The molecule has 1 aromatic carbocycles. The van der Waals surface area contributed by atoms with Gasteiger partial charge in [-0.25, -0.2) is 13.6 Å². The molecule has 2 aliphatic rings. The third-order valence-corrected chi connectivity index (χ3v) is 5.81. The molecule has 30 heavy (non-hydrogen) atoms. The first-order chi connectivity index (χ1) is 14.2. The molecule has 3 heterocycles. The number of amides is 4. The van der Waals surface area contributed by atoms with E-state index in [1.807, 2.05) is 0 Å². The molecule has 4 amide bonds. The van der Waals surface area contributed by atoms with Gasteiger partial charge in [0.15, 0.2) is 0 Å². The molecule has 11 heteroatoms. The number of halogens is 3. The summed E-state index contributed by atoms with van der Waals surface area (Å²) in [4.78, 5) is 38.6. The van der Waals surface area contributed by atoms with Crippen molar-refractivity contribution in [3.05, 3.63) is 51.8 Å². The molecule has 0 saturated carbocycles. The average molecular weight is 438 g/mol. The minimum absolute atomic E-state index is 0.0288. The van der Waals surface area contributed by atoms with Crippen molar-refractivity contribution in [1.82, 2.24) is 25.3 Å². The predicted octanol–water partition coefficient (Wildman–Crippen LogP) is 2.37. The van der Waals surface area contributed by atoms with Gasteiger partial charge in [0.25, 0.3) is 12.3 Å². The van der Waals surface area contributed by atoms with Crippen molar-refractivity contribution >= 4 is 29.4 Å². The maximum Gasteiger partial charge on any atom is 0.322 e. The van der Waals surface area contributed by atoms with E-state index in [-0.39, 0.29) is 42.4 Å². The Balaban J connectivity index is 1.50. The number of nitrogens with zero attached hydrogens (tertiary/aromatic N) is 3. The number of alkyl halides is 2. The number of benzene rings is 1. The number of carbonyl (C=O) groups excluding carboxylic acids is 3. The standard InChI is InChI=1S/C19H18ClF2N5O3/c1-26-9-12(6-23-26)19(17(29)24-18(30)25-19)3-2-15(28)27-7-10-4-13(16(21)22)14(20)5-11(10)8-27/h4-6,9,16H,2-3,7-8H2,1H3,(H2,24,25,29,30). The summed E-state index contributed by atoms with van der Waals surface area (Å²) >= 11 is 5.92. The van der Waals surface area contributed by atoms with Crippen LogP contribution in [0, 0.1) is 0 Å². The van der Waals surface area contributed by atoms with Gasteiger partial charge < -0.3 is 10.2 Å². The van der Waals surface area contributed by atoms with Crippen LogP contribution in [0.15, 0.2) is 24.5 Å². The predicted molar refractivity (Wildman–Crippen MR) is 101 cm³/mol. The maximum atomic E-state index is 13.1. The van der Waals surface area contributed by atoms with E-state index in [2.05, 4.69) is 15.7 Å². The Morgan fingerprint density at radius 3 is 2.57 bits per heavy atom. The summed E-state index contributed by atoms with van der Waals surface area (Å²) in [5.74, 6) is -0.815. The van der Waals surface area contributed by atoms with E-state index in [1.165, 1.54) is 27.9 Å². The fourth-order valence-corrected chi connectivity index (χ4v) is 4.16. The molecule has 1 unspecified atom stereocenters. The Morgan fingerprint density at radius 2 is 2.00 bits per heavy atom. The fourth-order valence-electron chi connectivity index (χ4n) is 3.89. The molecular weight excluding hydrogens is 420 g/mol. The topological polar surface area (TPSA) is 96.3 Å². The van der Waals surface area contributed by atoms with Crippen molar-refractivity contribution in [3.63, 3.8) is 0 Å². The number of urea groups is 1. The molecule has 0 bridgehead atoms. The number of hydrogen-bond acceptors (Lipinski definition) is 4. The van der Waals surface area contributed by atoms with Gasteiger partial charge in [0.1, 0.15) is 5.54 Å². The molecule has 158 valence electrons. The van der Waals surface area contributed by atoms with Gasteiger partial charge in [-0.3, -0.25) is 19.6 Å². The third kappa shape index (κ3) is 3.41. The van der Waals surface area contributed by atoms with Gasteiger partial charge >= 0.3 is 6.03 Å². The molecule has 0 aliphatic carbocycles. The molecule has 0 spiro atoms. The summed E-state index contributed by atoms with van der Waals surface area (Å²) in [6.07, 6.45) is 0.373. The Labute approximate surface area is 175 Å². The first kappa shape index (κ1) is 20.3. The van der Waals surface area contributed by atoms with Crippen LogP contribution in [0.3, 0.4) is 0 Å².